The molecule has 7 nitrogen and oxygen atoms in total. The van der Waals surface area contributed by atoms with Crippen molar-refractivity contribution in [2.75, 3.05) is 11.9 Å². The molecule has 172 valence electrons. The van der Waals surface area contributed by atoms with Crippen molar-refractivity contribution in [1.29, 1.82) is 0 Å². The number of carbonyl (C=O) groups is 3. The Morgan fingerprint density at radius 2 is 1.59 bits per heavy atom. The minimum absolute atomic E-state index is 0.278. The smallest absolute Gasteiger partial charge is 0.408 e. The van der Waals surface area contributed by atoms with E-state index in [0.717, 1.165) is 5.56 Å². The second-order valence-corrected chi connectivity index (χ2v) is 8.61. The summed E-state index contributed by atoms with van der Waals surface area (Å²) in [5, 5.41) is 5.52. The number of nitrogens with zero attached hydrogens (tertiary/aromatic N) is 1. The van der Waals surface area contributed by atoms with Crippen molar-refractivity contribution in [1.82, 2.24) is 10.2 Å². The maximum atomic E-state index is 13.4. The average molecular weight is 440 g/mol. The molecule has 0 heterocycles. The van der Waals surface area contributed by atoms with Crippen molar-refractivity contribution in [2.45, 2.75) is 59.2 Å². The Bertz CT molecular complexity index is 938. The van der Waals surface area contributed by atoms with Gasteiger partial charge in [-0.3, -0.25) is 9.59 Å². The summed E-state index contributed by atoms with van der Waals surface area (Å²) in [6.45, 7) is 10.8. The first-order chi connectivity index (χ1) is 15.0. The van der Waals surface area contributed by atoms with Crippen LogP contribution in [0.5, 0.6) is 0 Å². The molecule has 2 aromatic rings. The predicted molar refractivity (Wildman–Crippen MR) is 125 cm³/mol. The Kier molecular flexibility index (Phi) is 8.41. The number of alkyl carbamates (subject to hydrolysis) is 1. The molecule has 2 rings (SSSR count). The number of amides is 3. The number of carbonyl (C=O) groups excluding carboxylic acids is 3. The first-order valence-electron chi connectivity index (χ1n) is 10.7. The topological polar surface area (TPSA) is 87.7 Å². The molecule has 2 unspecified atom stereocenters. The monoisotopic (exact) mass is 439 g/mol. The van der Waals surface area contributed by atoms with E-state index in [1.54, 1.807) is 34.6 Å². The third-order valence-corrected chi connectivity index (χ3v) is 4.81. The van der Waals surface area contributed by atoms with Crippen LogP contribution in [0.1, 0.15) is 51.8 Å². The van der Waals surface area contributed by atoms with Crippen molar-refractivity contribution in [3.8, 4) is 0 Å². The van der Waals surface area contributed by atoms with Gasteiger partial charge in [-0.2, -0.15) is 0 Å². The summed E-state index contributed by atoms with van der Waals surface area (Å²) in [4.78, 5) is 40.3. The molecule has 2 aromatic carbocycles. The molecule has 0 radical (unpaired) electrons. The van der Waals surface area contributed by atoms with Gasteiger partial charge in [0.15, 0.2) is 0 Å². The summed E-state index contributed by atoms with van der Waals surface area (Å²) in [7, 11) is 0. The molecule has 0 aliphatic heterocycles. The van der Waals surface area contributed by atoms with Gasteiger partial charge >= 0.3 is 6.09 Å². The van der Waals surface area contributed by atoms with Crippen LogP contribution in [0.15, 0.2) is 54.6 Å². The van der Waals surface area contributed by atoms with E-state index in [1.165, 1.54) is 4.90 Å². The lowest BCUT2D eigenvalue weighted by Crippen LogP contribution is -2.51. The predicted octanol–water partition coefficient (Wildman–Crippen LogP) is 4.44. The quantitative estimate of drug-likeness (QED) is 0.668. The summed E-state index contributed by atoms with van der Waals surface area (Å²) in [6.07, 6.45) is -0.685. The van der Waals surface area contributed by atoms with Crippen molar-refractivity contribution in [3.63, 3.8) is 0 Å². The summed E-state index contributed by atoms with van der Waals surface area (Å²) in [5.74, 6) is -0.711. The van der Waals surface area contributed by atoms with Crippen LogP contribution in [0.25, 0.3) is 0 Å². The molecule has 2 N–H and O–H groups in total. The summed E-state index contributed by atoms with van der Waals surface area (Å²) < 4.78 is 5.26. The van der Waals surface area contributed by atoms with Gasteiger partial charge in [-0.05, 0) is 58.7 Å². The fraction of sp³-hybridized carbons (Fsp3) is 0.400. The Labute approximate surface area is 190 Å². The molecule has 0 spiro atoms. The van der Waals surface area contributed by atoms with Crippen LogP contribution in [-0.2, 0) is 14.3 Å². The van der Waals surface area contributed by atoms with Gasteiger partial charge in [-0.1, -0.05) is 48.5 Å². The number of likely N-dealkylation sites (N-methyl/N-ethyl adjacent to an activating group) is 1. The van der Waals surface area contributed by atoms with Gasteiger partial charge < -0.3 is 20.3 Å². The summed E-state index contributed by atoms with van der Waals surface area (Å²) >= 11 is 0. The first kappa shape index (κ1) is 24.9. The Balaban J connectivity index is 2.30. The van der Waals surface area contributed by atoms with Crippen LogP contribution in [0, 0.1) is 6.92 Å². The third-order valence-electron chi connectivity index (χ3n) is 4.81. The van der Waals surface area contributed by atoms with E-state index in [0.29, 0.717) is 11.3 Å². The number of hydrogen-bond acceptors (Lipinski definition) is 4. The van der Waals surface area contributed by atoms with Gasteiger partial charge in [0.2, 0.25) is 5.91 Å². The fourth-order valence-corrected chi connectivity index (χ4v) is 3.28. The van der Waals surface area contributed by atoms with Crippen LogP contribution in [-0.4, -0.2) is 41.0 Å². The number of hydrogen-bond donors (Lipinski definition) is 2. The molecule has 0 saturated carbocycles. The average Bonchev–Trinajstić information content (AvgIpc) is 2.72. The highest BCUT2D eigenvalue weighted by molar-refractivity contribution is 5.99. The highest BCUT2D eigenvalue weighted by atomic mass is 16.6. The van der Waals surface area contributed by atoms with Crippen LogP contribution in [0.3, 0.4) is 0 Å². The number of nitrogens with one attached hydrogen (secondary N) is 2. The zero-order chi connectivity index (χ0) is 23.9. The van der Waals surface area contributed by atoms with Crippen molar-refractivity contribution < 1.29 is 19.1 Å². The molecule has 0 bridgehead atoms. The molecule has 0 saturated heterocycles. The second kappa shape index (κ2) is 10.8. The van der Waals surface area contributed by atoms with Gasteiger partial charge in [-0.25, -0.2) is 4.79 Å². The van der Waals surface area contributed by atoms with E-state index in [1.807, 2.05) is 61.5 Å². The van der Waals surface area contributed by atoms with E-state index in [4.69, 9.17) is 4.74 Å². The first-order valence-corrected chi connectivity index (χ1v) is 10.7. The Morgan fingerprint density at radius 3 is 2.16 bits per heavy atom. The fourth-order valence-electron chi connectivity index (χ4n) is 3.28. The number of ether oxygens (including phenoxy) is 1. The molecule has 0 aromatic heterocycles. The number of benzene rings is 2. The third kappa shape index (κ3) is 6.83. The molecule has 32 heavy (non-hydrogen) atoms. The lowest BCUT2D eigenvalue weighted by Gasteiger charge is -2.33. The largest absolute Gasteiger partial charge is 0.444 e. The van der Waals surface area contributed by atoms with Crippen LogP contribution in [0.4, 0.5) is 10.5 Å². The summed E-state index contributed by atoms with van der Waals surface area (Å²) in [5.41, 5.74) is 1.60. The van der Waals surface area contributed by atoms with Crippen LogP contribution >= 0.6 is 0 Å². The summed E-state index contributed by atoms with van der Waals surface area (Å²) in [6, 6.07) is 14.8. The number of anilines is 1. The highest BCUT2D eigenvalue weighted by Gasteiger charge is 2.33. The molecule has 0 aliphatic carbocycles. The van der Waals surface area contributed by atoms with Gasteiger partial charge in [0.1, 0.15) is 17.7 Å². The van der Waals surface area contributed by atoms with E-state index in [2.05, 4.69) is 10.6 Å². The lowest BCUT2D eigenvalue weighted by molar-refractivity contribution is -0.140. The number of para-hydroxylation sites is 1. The molecule has 2 atom stereocenters. The zero-order valence-corrected chi connectivity index (χ0v) is 19.6. The lowest BCUT2D eigenvalue weighted by atomic mass is 10.0. The normalized spacial score (nSPS) is 12.9. The van der Waals surface area contributed by atoms with Gasteiger partial charge in [0, 0.05) is 12.2 Å². The molecule has 3 amide bonds. The maximum absolute atomic E-state index is 13.4. The minimum Gasteiger partial charge on any atom is -0.444 e. The SMILES string of the molecule is CCN(C(=O)C(C)NC(=O)OC(C)(C)C)C(C(=O)Nc1ccccc1C)c1ccccc1. The van der Waals surface area contributed by atoms with Crippen molar-refractivity contribution >= 4 is 23.6 Å². The zero-order valence-electron chi connectivity index (χ0n) is 19.6. The molecular formula is C25H33N3O4. The van der Waals surface area contributed by atoms with E-state index < -0.39 is 23.8 Å². The van der Waals surface area contributed by atoms with E-state index >= 15 is 0 Å². The van der Waals surface area contributed by atoms with E-state index in [-0.39, 0.29) is 18.4 Å². The minimum atomic E-state index is -0.873. The standard InChI is InChI=1S/C25H33N3O4/c1-7-28(23(30)18(3)26-24(31)32-25(4,5)6)21(19-14-9-8-10-15-19)22(29)27-20-16-12-11-13-17(20)2/h8-16,18,21H,7H2,1-6H3,(H,26,31)(H,27,29). The van der Waals surface area contributed by atoms with Gasteiger partial charge in [0.25, 0.3) is 5.91 Å². The molecular weight excluding hydrogens is 406 g/mol. The Morgan fingerprint density at radius 1 is 1.00 bits per heavy atom. The van der Waals surface area contributed by atoms with Crippen molar-refractivity contribution in [2.24, 2.45) is 0 Å². The highest BCUT2D eigenvalue weighted by Crippen LogP contribution is 2.25. The molecule has 0 aliphatic rings. The molecule has 0 fully saturated rings. The van der Waals surface area contributed by atoms with Crippen LogP contribution in [0.2, 0.25) is 0 Å². The van der Waals surface area contributed by atoms with E-state index in [9.17, 15) is 14.4 Å². The number of rotatable bonds is 7. The maximum Gasteiger partial charge on any atom is 0.408 e. The number of aryl methyl sites for hydroxylation is 1. The van der Waals surface area contributed by atoms with Gasteiger partial charge in [0.05, 0.1) is 0 Å². The van der Waals surface area contributed by atoms with Gasteiger partial charge in [-0.15, -0.1) is 0 Å². The van der Waals surface area contributed by atoms with Crippen molar-refractivity contribution in [3.05, 3.63) is 65.7 Å². The second-order valence-electron chi connectivity index (χ2n) is 8.61. The Hall–Kier alpha value is -3.35. The van der Waals surface area contributed by atoms with Crippen LogP contribution < -0.4 is 10.6 Å². The molecule has 7 heteroatoms.